The number of nitrogens with zero attached hydrogens (tertiary/aromatic N) is 1. The van der Waals surface area contributed by atoms with Gasteiger partial charge in [0.1, 0.15) is 0 Å². The summed E-state index contributed by atoms with van der Waals surface area (Å²) in [7, 11) is -3.54. The number of amides is 1. The van der Waals surface area contributed by atoms with Crippen LogP contribution in [-0.4, -0.2) is 50.7 Å². The third-order valence-electron chi connectivity index (χ3n) is 6.13. The van der Waals surface area contributed by atoms with Gasteiger partial charge in [-0.15, -0.1) is 0 Å². The molecule has 1 aliphatic carbocycles. The first-order valence-electron chi connectivity index (χ1n) is 11.2. The summed E-state index contributed by atoms with van der Waals surface area (Å²) in [5, 5.41) is 3.86. The maximum Gasteiger partial charge on any atom is 0.257 e. The molecule has 2 aromatic rings. The number of hydrogen-bond acceptors (Lipinski definition) is 5. The summed E-state index contributed by atoms with van der Waals surface area (Å²) in [6, 6.07) is 20.0. The van der Waals surface area contributed by atoms with Gasteiger partial charge in [-0.1, -0.05) is 54.6 Å². The third-order valence-corrected chi connectivity index (χ3v) is 6.70. The molecule has 1 amide bonds. The molecular formula is C25H31N3O3S. The molecule has 4 rings (SSSR count). The van der Waals surface area contributed by atoms with Gasteiger partial charge in [0.25, 0.3) is 5.91 Å². The Kier molecular flexibility index (Phi) is 7.08. The van der Waals surface area contributed by atoms with Crippen LogP contribution in [0, 0.1) is 0 Å². The molecule has 170 valence electrons. The van der Waals surface area contributed by atoms with Crippen LogP contribution in [0.4, 0.5) is 0 Å². The van der Waals surface area contributed by atoms with Crippen molar-refractivity contribution in [2.45, 2.75) is 43.8 Å². The zero-order chi connectivity index (χ0) is 22.6. The molecule has 2 N–H and O–H groups in total. The standard InChI is InChI=1S/C25H31N3O3S/c1-32(30,31)27-25(29)11-10-19-6-5-7-20(16-19)18-28-14-12-22(13-15-28)26-24-17-23(24)21-8-3-2-4-9-21/h2-11,16,22-24,26H,12-15,17-18H2,1H3,(H,27,29)/b11-10+. The second-order valence-corrected chi connectivity index (χ2v) is 10.6. The van der Waals surface area contributed by atoms with Gasteiger partial charge in [-0.25, -0.2) is 13.1 Å². The normalized spacial score (nSPS) is 22.2. The van der Waals surface area contributed by atoms with Gasteiger partial charge < -0.3 is 5.32 Å². The molecule has 2 aliphatic rings. The van der Waals surface area contributed by atoms with Crippen LogP contribution in [0.3, 0.4) is 0 Å². The number of likely N-dealkylation sites (tertiary alicyclic amines) is 1. The number of hydrogen-bond donors (Lipinski definition) is 2. The zero-order valence-electron chi connectivity index (χ0n) is 18.4. The van der Waals surface area contributed by atoms with Crippen molar-refractivity contribution >= 4 is 22.0 Å². The van der Waals surface area contributed by atoms with Crippen LogP contribution >= 0.6 is 0 Å². The first-order chi connectivity index (χ1) is 15.4. The molecule has 1 saturated heterocycles. The number of benzene rings is 2. The zero-order valence-corrected chi connectivity index (χ0v) is 19.2. The molecule has 32 heavy (non-hydrogen) atoms. The third kappa shape index (κ3) is 6.76. The van der Waals surface area contributed by atoms with E-state index in [0.717, 1.165) is 44.3 Å². The molecule has 2 unspecified atom stereocenters. The smallest absolute Gasteiger partial charge is 0.257 e. The lowest BCUT2D eigenvalue weighted by Gasteiger charge is -2.32. The average molecular weight is 454 g/mol. The van der Waals surface area contributed by atoms with Gasteiger partial charge in [0, 0.05) is 30.6 Å². The summed E-state index contributed by atoms with van der Waals surface area (Å²) in [6.45, 7) is 3.01. The highest BCUT2D eigenvalue weighted by Gasteiger charge is 2.39. The van der Waals surface area contributed by atoms with E-state index in [1.807, 2.05) is 22.9 Å². The molecule has 1 aliphatic heterocycles. The van der Waals surface area contributed by atoms with Gasteiger partial charge in [0.2, 0.25) is 10.0 Å². The Morgan fingerprint density at radius 1 is 1.09 bits per heavy atom. The first kappa shape index (κ1) is 22.7. The summed E-state index contributed by atoms with van der Waals surface area (Å²) < 4.78 is 24.2. The van der Waals surface area contributed by atoms with Crippen molar-refractivity contribution in [2.24, 2.45) is 0 Å². The minimum absolute atomic E-state index is 0.590. The van der Waals surface area contributed by atoms with E-state index in [1.54, 1.807) is 6.08 Å². The van der Waals surface area contributed by atoms with E-state index < -0.39 is 15.9 Å². The predicted molar refractivity (Wildman–Crippen MR) is 127 cm³/mol. The topological polar surface area (TPSA) is 78.5 Å². The molecule has 1 saturated carbocycles. The number of sulfonamides is 1. The van der Waals surface area contributed by atoms with Crippen LogP contribution in [0.15, 0.2) is 60.7 Å². The molecule has 7 heteroatoms. The highest BCUT2D eigenvalue weighted by Crippen LogP contribution is 2.41. The number of rotatable bonds is 8. The molecular weight excluding hydrogens is 422 g/mol. The highest BCUT2D eigenvalue weighted by molar-refractivity contribution is 7.89. The second-order valence-electron chi connectivity index (χ2n) is 8.89. The fourth-order valence-electron chi connectivity index (χ4n) is 4.45. The van der Waals surface area contributed by atoms with Gasteiger partial charge in [0.05, 0.1) is 6.26 Å². The molecule has 2 atom stereocenters. The number of carbonyl (C=O) groups is 1. The van der Waals surface area contributed by atoms with Gasteiger partial charge >= 0.3 is 0 Å². The van der Waals surface area contributed by atoms with E-state index in [1.165, 1.54) is 23.6 Å². The summed E-state index contributed by atoms with van der Waals surface area (Å²) in [6.07, 6.45) is 7.40. The lowest BCUT2D eigenvalue weighted by atomic mass is 10.0. The summed E-state index contributed by atoms with van der Waals surface area (Å²) in [5.74, 6) is 0.0298. The van der Waals surface area contributed by atoms with E-state index in [9.17, 15) is 13.2 Å². The summed E-state index contributed by atoms with van der Waals surface area (Å²) in [5.41, 5.74) is 3.52. The second kappa shape index (κ2) is 9.98. The molecule has 6 nitrogen and oxygen atoms in total. The molecule has 0 bridgehead atoms. The van der Waals surface area contributed by atoms with Crippen LogP contribution in [0.1, 0.15) is 41.9 Å². The monoisotopic (exact) mass is 453 g/mol. The molecule has 1 heterocycles. The fourth-order valence-corrected chi connectivity index (χ4v) is 4.88. The molecule has 2 fully saturated rings. The number of piperidine rings is 1. The SMILES string of the molecule is CS(=O)(=O)NC(=O)/C=C/c1cccc(CN2CCC(NC3CC3c3ccccc3)CC2)c1. The van der Waals surface area contributed by atoms with Crippen molar-refractivity contribution in [1.82, 2.24) is 14.9 Å². The van der Waals surface area contributed by atoms with Crippen molar-refractivity contribution in [3.05, 3.63) is 77.4 Å². The number of nitrogens with one attached hydrogen (secondary N) is 2. The Hall–Kier alpha value is -2.48. The van der Waals surface area contributed by atoms with Crippen molar-refractivity contribution in [3.63, 3.8) is 0 Å². The molecule has 0 radical (unpaired) electrons. The maximum atomic E-state index is 11.7. The van der Waals surface area contributed by atoms with Crippen molar-refractivity contribution in [1.29, 1.82) is 0 Å². The molecule has 0 spiro atoms. The highest BCUT2D eigenvalue weighted by atomic mass is 32.2. The van der Waals surface area contributed by atoms with E-state index in [2.05, 4.69) is 46.6 Å². The minimum atomic E-state index is -3.54. The largest absolute Gasteiger partial charge is 0.311 e. The fraction of sp³-hybridized carbons (Fsp3) is 0.400. The Labute approximate surface area is 190 Å². The van der Waals surface area contributed by atoms with Crippen molar-refractivity contribution in [3.8, 4) is 0 Å². The Bertz CT molecular complexity index is 1060. The van der Waals surface area contributed by atoms with E-state index in [-0.39, 0.29) is 0 Å². The van der Waals surface area contributed by atoms with Gasteiger partial charge in [-0.2, -0.15) is 0 Å². The number of carbonyl (C=O) groups excluding carboxylic acids is 1. The Morgan fingerprint density at radius 3 is 2.56 bits per heavy atom. The minimum Gasteiger partial charge on any atom is -0.311 e. The Balaban J connectivity index is 1.22. The lowest BCUT2D eigenvalue weighted by Crippen LogP contribution is -2.43. The Morgan fingerprint density at radius 2 is 1.84 bits per heavy atom. The van der Waals surface area contributed by atoms with Crippen LogP contribution in [0.25, 0.3) is 6.08 Å². The van der Waals surface area contributed by atoms with Gasteiger partial charge in [-0.05, 0) is 55.1 Å². The average Bonchev–Trinajstić information content (AvgIpc) is 3.53. The van der Waals surface area contributed by atoms with Gasteiger partial charge in [-0.3, -0.25) is 9.69 Å². The van der Waals surface area contributed by atoms with E-state index >= 15 is 0 Å². The summed E-state index contributed by atoms with van der Waals surface area (Å²) in [4.78, 5) is 14.1. The quantitative estimate of drug-likeness (QED) is 0.601. The van der Waals surface area contributed by atoms with Crippen LogP contribution in [-0.2, 0) is 21.4 Å². The lowest BCUT2D eigenvalue weighted by molar-refractivity contribution is -0.114. The van der Waals surface area contributed by atoms with Crippen LogP contribution in [0.2, 0.25) is 0 Å². The first-order valence-corrected chi connectivity index (χ1v) is 13.1. The van der Waals surface area contributed by atoms with Crippen molar-refractivity contribution < 1.29 is 13.2 Å². The summed E-state index contributed by atoms with van der Waals surface area (Å²) >= 11 is 0. The van der Waals surface area contributed by atoms with Crippen LogP contribution in [0.5, 0.6) is 0 Å². The van der Waals surface area contributed by atoms with Crippen LogP contribution < -0.4 is 10.0 Å². The van der Waals surface area contributed by atoms with Gasteiger partial charge in [0.15, 0.2) is 0 Å². The molecule has 0 aromatic heterocycles. The molecule has 2 aromatic carbocycles. The predicted octanol–water partition coefficient (Wildman–Crippen LogP) is 2.89. The van der Waals surface area contributed by atoms with E-state index in [0.29, 0.717) is 18.0 Å². The van der Waals surface area contributed by atoms with Crippen molar-refractivity contribution in [2.75, 3.05) is 19.3 Å². The maximum absolute atomic E-state index is 11.7. The van der Waals surface area contributed by atoms with E-state index in [4.69, 9.17) is 0 Å².